The summed E-state index contributed by atoms with van der Waals surface area (Å²) in [5, 5.41) is 2.74. The Bertz CT molecular complexity index is 743. The lowest BCUT2D eigenvalue weighted by Crippen LogP contribution is -2.24. The highest BCUT2D eigenvalue weighted by Crippen LogP contribution is 2.30. The molecule has 1 N–H and O–H groups in total. The Labute approximate surface area is 153 Å². The predicted molar refractivity (Wildman–Crippen MR) is 100 cm³/mol. The lowest BCUT2D eigenvalue weighted by molar-refractivity contribution is 0.140. The molecule has 0 aromatic heterocycles. The van der Waals surface area contributed by atoms with Gasteiger partial charge in [0.2, 0.25) is 0 Å². The highest BCUT2D eigenvalue weighted by atomic mass is 16.5. The summed E-state index contributed by atoms with van der Waals surface area (Å²) in [7, 11) is 0. The zero-order valence-corrected chi connectivity index (χ0v) is 14.6. The second-order valence-corrected chi connectivity index (χ2v) is 5.94. The Morgan fingerprint density at radius 1 is 1.08 bits per heavy atom. The third kappa shape index (κ3) is 5.55. The first-order chi connectivity index (χ1) is 12.8. The van der Waals surface area contributed by atoms with Gasteiger partial charge in [-0.05, 0) is 29.7 Å². The Morgan fingerprint density at radius 2 is 1.88 bits per heavy atom. The second kappa shape index (κ2) is 9.51. The van der Waals surface area contributed by atoms with Crippen molar-refractivity contribution >= 4 is 12.2 Å². The number of ether oxygens (including phenoxy) is 3. The topological polar surface area (TPSA) is 56.8 Å². The maximum Gasteiger partial charge on any atom is 0.407 e. The van der Waals surface area contributed by atoms with Crippen molar-refractivity contribution in [3.8, 4) is 11.5 Å². The normalized spacial score (nSPS) is 13.2. The maximum atomic E-state index is 11.7. The SMILES string of the molecule is O=C(NCCC=Cc1ccc2c(c1)OCCCO2)OCc1ccccc1. The smallest absolute Gasteiger partial charge is 0.407 e. The minimum Gasteiger partial charge on any atom is -0.490 e. The third-order valence-electron chi connectivity index (χ3n) is 3.87. The molecule has 0 atom stereocenters. The number of hydrogen-bond acceptors (Lipinski definition) is 4. The molecule has 0 spiro atoms. The van der Waals surface area contributed by atoms with Gasteiger partial charge < -0.3 is 19.5 Å². The average molecular weight is 353 g/mol. The van der Waals surface area contributed by atoms with Crippen molar-refractivity contribution in [2.24, 2.45) is 0 Å². The molecule has 5 nitrogen and oxygen atoms in total. The number of alkyl carbamates (subject to hydrolysis) is 1. The largest absolute Gasteiger partial charge is 0.490 e. The van der Waals surface area contributed by atoms with E-state index < -0.39 is 6.09 Å². The Balaban J connectivity index is 1.38. The van der Waals surface area contributed by atoms with Gasteiger partial charge in [0.15, 0.2) is 11.5 Å². The van der Waals surface area contributed by atoms with Crippen LogP contribution in [0.5, 0.6) is 11.5 Å². The van der Waals surface area contributed by atoms with Crippen LogP contribution in [-0.4, -0.2) is 25.9 Å². The number of carbonyl (C=O) groups is 1. The van der Waals surface area contributed by atoms with Gasteiger partial charge in [0.1, 0.15) is 6.61 Å². The molecule has 5 heteroatoms. The monoisotopic (exact) mass is 353 g/mol. The van der Waals surface area contributed by atoms with Crippen LogP contribution in [-0.2, 0) is 11.3 Å². The van der Waals surface area contributed by atoms with E-state index in [2.05, 4.69) is 5.32 Å². The van der Waals surface area contributed by atoms with Gasteiger partial charge in [0, 0.05) is 13.0 Å². The van der Waals surface area contributed by atoms with Gasteiger partial charge in [-0.1, -0.05) is 48.6 Å². The van der Waals surface area contributed by atoms with Crippen LogP contribution in [0.3, 0.4) is 0 Å². The van der Waals surface area contributed by atoms with Crippen molar-refractivity contribution in [3.63, 3.8) is 0 Å². The molecule has 0 radical (unpaired) electrons. The van der Waals surface area contributed by atoms with Crippen molar-refractivity contribution in [2.45, 2.75) is 19.4 Å². The fourth-order valence-corrected chi connectivity index (χ4v) is 2.53. The van der Waals surface area contributed by atoms with E-state index in [4.69, 9.17) is 14.2 Å². The van der Waals surface area contributed by atoms with Crippen molar-refractivity contribution in [1.29, 1.82) is 0 Å². The van der Waals surface area contributed by atoms with E-state index in [-0.39, 0.29) is 6.61 Å². The van der Waals surface area contributed by atoms with Gasteiger partial charge in [-0.2, -0.15) is 0 Å². The Morgan fingerprint density at radius 3 is 2.73 bits per heavy atom. The van der Waals surface area contributed by atoms with E-state index in [1.807, 2.05) is 60.7 Å². The van der Waals surface area contributed by atoms with Gasteiger partial charge >= 0.3 is 6.09 Å². The molecule has 1 amide bonds. The standard InChI is InChI=1S/C21H23NO4/c23-21(26-16-18-8-2-1-3-9-18)22-12-5-4-7-17-10-11-19-20(15-17)25-14-6-13-24-19/h1-4,7-11,15H,5-6,12-14,16H2,(H,22,23). The summed E-state index contributed by atoms with van der Waals surface area (Å²) in [5.41, 5.74) is 2.01. The lowest BCUT2D eigenvalue weighted by atomic mass is 10.2. The Hall–Kier alpha value is -2.95. The summed E-state index contributed by atoms with van der Waals surface area (Å²) in [5.74, 6) is 1.58. The first kappa shape index (κ1) is 17.9. The first-order valence-electron chi connectivity index (χ1n) is 8.82. The molecule has 2 aromatic carbocycles. The zero-order chi connectivity index (χ0) is 18.0. The quantitative estimate of drug-likeness (QED) is 0.792. The van der Waals surface area contributed by atoms with E-state index in [9.17, 15) is 4.79 Å². The van der Waals surface area contributed by atoms with Crippen molar-refractivity contribution in [3.05, 3.63) is 65.7 Å². The lowest BCUT2D eigenvalue weighted by Gasteiger charge is -2.07. The van der Waals surface area contributed by atoms with E-state index in [0.717, 1.165) is 35.5 Å². The fourth-order valence-electron chi connectivity index (χ4n) is 2.53. The van der Waals surface area contributed by atoms with Gasteiger partial charge in [-0.25, -0.2) is 4.79 Å². The van der Waals surface area contributed by atoms with Crippen LogP contribution in [0.15, 0.2) is 54.6 Å². The number of rotatable bonds is 6. The molecule has 3 rings (SSSR count). The van der Waals surface area contributed by atoms with Crippen LogP contribution >= 0.6 is 0 Å². The first-order valence-corrected chi connectivity index (χ1v) is 8.82. The van der Waals surface area contributed by atoms with E-state index in [1.165, 1.54) is 0 Å². The molecule has 0 saturated heterocycles. The van der Waals surface area contributed by atoms with E-state index in [1.54, 1.807) is 0 Å². The minimum atomic E-state index is -0.405. The van der Waals surface area contributed by atoms with E-state index in [0.29, 0.717) is 19.8 Å². The molecule has 26 heavy (non-hydrogen) atoms. The summed E-state index contributed by atoms with van der Waals surface area (Å²) in [4.78, 5) is 11.7. The fraction of sp³-hybridized carbons (Fsp3) is 0.286. The second-order valence-electron chi connectivity index (χ2n) is 5.94. The summed E-state index contributed by atoms with van der Waals surface area (Å²) in [6.07, 6.45) is 5.22. The summed E-state index contributed by atoms with van der Waals surface area (Å²) < 4.78 is 16.5. The van der Waals surface area contributed by atoms with Crippen LogP contribution < -0.4 is 14.8 Å². The minimum absolute atomic E-state index is 0.277. The van der Waals surface area contributed by atoms with E-state index >= 15 is 0 Å². The average Bonchev–Trinajstić information content (AvgIpc) is 2.92. The van der Waals surface area contributed by atoms with Crippen LogP contribution in [0.25, 0.3) is 6.08 Å². The van der Waals surface area contributed by atoms with Gasteiger partial charge in [-0.15, -0.1) is 0 Å². The number of amides is 1. The molecule has 2 aromatic rings. The molecule has 0 aliphatic carbocycles. The van der Waals surface area contributed by atoms with Crippen LogP contribution in [0, 0.1) is 0 Å². The third-order valence-corrected chi connectivity index (χ3v) is 3.87. The highest BCUT2D eigenvalue weighted by Gasteiger charge is 2.09. The molecule has 0 fully saturated rings. The molecular weight excluding hydrogens is 330 g/mol. The summed E-state index contributed by atoms with van der Waals surface area (Å²) in [6, 6.07) is 15.5. The summed E-state index contributed by atoms with van der Waals surface area (Å²) >= 11 is 0. The van der Waals surface area contributed by atoms with Crippen LogP contribution in [0.1, 0.15) is 24.0 Å². The molecule has 1 heterocycles. The molecular formula is C21H23NO4. The predicted octanol–water partition coefficient (Wildman–Crippen LogP) is 4.18. The van der Waals surface area contributed by atoms with Crippen molar-refractivity contribution in [2.75, 3.05) is 19.8 Å². The van der Waals surface area contributed by atoms with Gasteiger partial charge in [0.05, 0.1) is 13.2 Å². The van der Waals surface area contributed by atoms with Gasteiger partial charge in [-0.3, -0.25) is 0 Å². The summed E-state index contributed by atoms with van der Waals surface area (Å²) in [6.45, 7) is 2.16. The van der Waals surface area contributed by atoms with Crippen LogP contribution in [0.4, 0.5) is 4.79 Å². The van der Waals surface area contributed by atoms with Crippen molar-refractivity contribution in [1.82, 2.24) is 5.32 Å². The molecule has 1 aliphatic rings. The molecule has 0 bridgehead atoms. The molecule has 1 aliphatic heterocycles. The number of carbonyl (C=O) groups excluding carboxylic acids is 1. The molecule has 0 saturated carbocycles. The van der Waals surface area contributed by atoms with Crippen molar-refractivity contribution < 1.29 is 19.0 Å². The number of benzene rings is 2. The maximum absolute atomic E-state index is 11.7. The van der Waals surface area contributed by atoms with Crippen LogP contribution in [0.2, 0.25) is 0 Å². The number of fused-ring (bicyclic) bond motifs is 1. The molecule has 0 unspecified atom stereocenters. The number of hydrogen-bond donors (Lipinski definition) is 1. The molecule has 136 valence electrons. The number of nitrogens with one attached hydrogen (secondary N) is 1. The highest BCUT2D eigenvalue weighted by molar-refractivity contribution is 5.67. The zero-order valence-electron chi connectivity index (χ0n) is 14.6. The Kier molecular flexibility index (Phi) is 6.53. The van der Waals surface area contributed by atoms with Gasteiger partial charge in [0.25, 0.3) is 0 Å².